The summed E-state index contributed by atoms with van der Waals surface area (Å²) in [7, 11) is 0. The van der Waals surface area contributed by atoms with Gasteiger partial charge in [0.2, 0.25) is 0 Å². The smallest absolute Gasteiger partial charge is 0.0965 e. The molecule has 0 spiro atoms. The van der Waals surface area contributed by atoms with Crippen molar-refractivity contribution in [1.29, 1.82) is 0 Å². The summed E-state index contributed by atoms with van der Waals surface area (Å²) in [5.41, 5.74) is 4.99. The molecule has 4 nitrogen and oxygen atoms in total. The number of hydrogen-bond donors (Lipinski definition) is 1. The topological polar surface area (TPSA) is 42.7 Å². The van der Waals surface area contributed by atoms with Gasteiger partial charge < -0.3 is 5.32 Å². The first-order chi connectivity index (χ1) is 9.22. The summed E-state index contributed by atoms with van der Waals surface area (Å²) in [5, 5.41) is 11.9. The number of nitrogens with one attached hydrogen (secondary N) is 1. The van der Waals surface area contributed by atoms with Gasteiger partial charge in [0.05, 0.1) is 18.4 Å². The van der Waals surface area contributed by atoms with Gasteiger partial charge in [-0.3, -0.25) is 0 Å². The lowest BCUT2D eigenvalue weighted by atomic mass is 10.0. The summed E-state index contributed by atoms with van der Waals surface area (Å²) in [6.07, 6.45) is 4.65. The normalized spacial score (nSPS) is 14.8. The second kappa shape index (κ2) is 5.13. The summed E-state index contributed by atoms with van der Waals surface area (Å²) in [4.78, 5) is 0. The molecule has 0 unspecified atom stereocenters. The monoisotopic (exact) mass is 256 g/mol. The SMILES string of the molecule is Cc1cccc(C)c1Cn1cc(CNC2CC2)nn1. The van der Waals surface area contributed by atoms with Crippen molar-refractivity contribution in [3.8, 4) is 0 Å². The van der Waals surface area contributed by atoms with Gasteiger partial charge in [-0.15, -0.1) is 5.10 Å². The molecule has 4 heteroatoms. The van der Waals surface area contributed by atoms with Crippen molar-refractivity contribution in [2.24, 2.45) is 0 Å². The van der Waals surface area contributed by atoms with Gasteiger partial charge in [-0.25, -0.2) is 4.68 Å². The fourth-order valence-corrected chi connectivity index (χ4v) is 2.29. The van der Waals surface area contributed by atoms with E-state index in [9.17, 15) is 0 Å². The summed E-state index contributed by atoms with van der Waals surface area (Å²) in [5.74, 6) is 0. The van der Waals surface area contributed by atoms with Crippen molar-refractivity contribution in [2.75, 3.05) is 0 Å². The Morgan fingerprint density at radius 2 is 2.00 bits per heavy atom. The fourth-order valence-electron chi connectivity index (χ4n) is 2.29. The largest absolute Gasteiger partial charge is 0.308 e. The van der Waals surface area contributed by atoms with Crippen molar-refractivity contribution in [3.05, 3.63) is 46.8 Å². The van der Waals surface area contributed by atoms with Crippen LogP contribution in [0.15, 0.2) is 24.4 Å². The molecular weight excluding hydrogens is 236 g/mol. The predicted molar refractivity (Wildman–Crippen MR) is 74.9 cm³/mol. The highest BCUT2D eigenvalue weighted by molar-refractivity contribution is 5.33. The van der Waals surface area contributed by atoms with Gasteiger partial charge in [0, 0.05) is 12.6 Å². The van der Waals surface area contributed by atoms with Crippen molar-refractivity contribution < 1.29 is 0 Å². The van der Waals surface area contributed by atoms with Crippen LogP contribution < -0.4 is 5.32 Å². The van der Waals surface area contributed by atoms with Crippen LogP contribution in [0.4, 0.5) is 0 Å². The summed E-state index contributed by atoms with van der Waals surface area (Å²) >= 11 is 0. The summed E-state index contributed by atoms with van der Waals surface area (Å²) in [6.45, 7) is 5.93. The van der Waals surface area contributed by atoms with Crippen LogP contribution in [0, 0.1) is 13.8 Å². The van der Waals surface area contributed by atoms with E-state index < -0.39 is 0 Å². The highest BCUT2D eigenvalue weighted by atomic mass is 15.4. The molecule has 0 saturated heterocycles. The van der Waals surface area contributed by atoms with Gasteiger partial charge in [-0.1, -0.05) is 23.4 Å². The lowest BCUT2D eigenvalue weighted by Crippen LogP contribution is -2.15. The maximum atomic E-state index is 4.22. The van der Waals surface area contributed by atoms with Gasteiger partial charge >= 0.3 is 0 Å². The standard InChI is InChI=1S/C15H20N4/c1-11-4-3-5-12(2)15(11)10-19-9-14(17-18-19)8-16-13-6-7-13/h3-5,9,13,16H,6-8,10H2,1-2H3. The van der Waals surface area contributed by atoms with Gasteiger partial charge in [-0.05, 0) is 43.4 Å². The Labute approximate surface area is 113 Å². The van der Waals surface area contributed by atoms with Crippen molar-refractivity contribution >= 4 is 0 Å². The third-order valence-electron chi connectivity index (χ3n) is 3.70. The molecule has 1 aromatic heterocycles. The first kappa shape index (κ1) is 12.4. The number of rotatable bonds is 5. The Kier molecular flexibility index (Phi) is 3.34. The Balaban J connectivity index is 1.68. The molecule has 3 rings (SSSR count). The average molecular weight is 256 g/mol. The van der Waals surface area contributed by atoms with Crippen LogP contribution in [0.5, 0.6) is 0 Å². The van der Waals surface area contributed by atoms with Crippen molar-refractivity contribution in [3.63, 3.8) is 0 Å². The highest BCUT2D eigenvalue weighted by Crippen LogP contribution is 2.19. The van der Waals surface area contributed by atoms with Gasteiger partial charge in [0.25, 0.3) is 0 Å². The molecule has 1 heterocycles. The maximum absolute atomic E-state index is 4.22. The Morgan fingerprint density at radius 3 is 2.68 bits per heavy atom. The summed E-state index contributed by atoms with van der Waals surface area (Å²) < 4.78 is 1.93. The van der Waals surface area contributed by atoms with Gasteiger partial charge in [-0.2, -0.15) is 0 Å². The van der Waals surface area contributed by atoms with Crippen LogP contribution in [0.2, 0.25) is 0 Å². The Bertz CT molecular complexity index is 549. The van der Waals surface area contributed by atoms with E-state index in [0.717, 1.165) is 18.8 Å². The van der Waals surface area contributed by atoms with Crippen LogP contribution in [0.3, 0.4) is 0 Å². The minimum atomic E-state index is 0.712. The molecule has 0 bridgehead atoms. The number of nitrogens with zero attached hydrogens (tertiary/aromatic N) is 3. The molecule has 1 saturated carbocycles. The molecule has 1 aliphatic carbocycles. The quantitative estimate of drug-likeness (QED) is 0.891. The van der Waals surface area contributed by atoms with E-state index in [2.05, 4.69) is 47.7 Å². The zero-order chi connectivity index (χ0) is 13.2. The molecule has 0 amide bonds. The van der Waals surface area contributed by atoms with E-state index in [1.165, 1.54) is 29.5 Å². The third kappa shape index (κ3) is 3.01. The van der Waals surface area contributed by atoms with Crippen LogP contribution in [-0.2, 0) is 13.1 Å². The predicted octanol–water partition coefficient (Wildman–Crippen LogP) is 2.20. The lowest BCUT2D eigenvalue weighted by Gasteiger charge is -2.08. The Hall–Kier alpha value is -1.68. The van der Waals surface area contributed by atoms with Crippen molar-refractivity contribution in [1.82, 2.24) is 20.3 Å². The van der Waals surface area contributed by atoms with Gasteiger partial charge in [0.1, 0.15) is 0 Å². The first-order valence-electron chi connectivity index (χ1n) is 6.90. The third-order valence-corrected chi connectivity index (χ3v) is 3.70. The van der Waals surface area contributed by atoms with E-state index in [1.54, 1.807) is 0 Å². The average Bonchev–Trinajstić information content (AvgIpc) is 3.11. The fraction of sp³-hybridized carbons (Fsp3) is 0.467. The Morgan fingerprint density at radius 1 is 1.26 bits per heavy atom. The van der Waals surface area contributed by atoms with Crippen LogP contribution in [0.1, 0.15) is 35.2 Å². The lowest BCUT2D eigenvalue weighted by molar-refractivity contribution is 0.642. The van der Waals surface area contributed by atoms with Crippen molar-refractivity contribution in [2.45, 2.75) is 45.8 Å². The van der Waals surface area contributed by atoms with E-state index in [-0.39, 0.29) is 0 Å². The number of hydrogen-bond acceptors (Lipinski definition) is 3. The van der Waals surface area contributed by atoms with Crippen LogP contribution >= 0.6 is 0 Å². The molecule has 1 aliphatic rings. The van der Waals surface area contributed by atoms with E-state index >= 15 is 0 Å². The molecule has 2 aromatic rings. The maximum Gasteiger partial charge on any atom is 0.0965 e. The molecule has 19 heavy (non-hydrogen) atoms. The second-order valence-corrected chi connectivity index (χ2v) is 5.43. The van der Waals surface area contributed by atoms with Crippen LogP contribution in [0.25, 0.3) is 0 Å². The molecule has 0 radical (unpaired) electrons. The van der Waals surface area contributed by atoms with Crippen LogP contribution in [-0.4, -0.2) is 21.0 Å². The molecule has 0 atom stereocenters. The molecule has 100 valence electrons. The number of aromatic nitrogens is 3. The van der Waals surface area contributed by atoms with Gasteiger partial charge in [0.15, 0.2) is 0 Å². The highest BCUT2D eigenvalue weighted by Gasteiger charge is 2.20. The molecular formula is C15H20N4. The molecule has 1 aromatic carbocycles. The molecule has 1 N–H and O–H groups in total. The number of benzene rings is 1. The van der Waals surface area contributed by atoms with E-state index in [4.69, 9.17) is 0 Å². The first-order valence-corrected chi connectivity index (χ1v) is 6.90. The zero-order valence-corrected chi connectivity index (χ0v) is 11.6. The summed E-state index contributed by atoms with van der Waals surface area (Å²) in [6, 6.07) is 7.10. The molecule has 1 fully saturated rings. The number of aryl methyl sites for hydroxylation is 2. The molecule has 0 aliphatic heterocycles. The van der Waals surface area contributed by atoms with E-state index in [0.29, 0.717) is 6.04 Å². The zero-order valence-electron chi connectivity index (χ0n) is 11.6. The minimum Gasteiger partial charge on any atom is -0.308 e. The van der Waals surface area contributed by atoms with E-state index in [1.807, 2.05) is 10.9 Å². The minimum absolute atomic E-state index is 0.712. The second-order valence-electron chi connectivity index (χ2n) is 5.43.